The van der Waals surface area contributed by atoms with Crippen LogP contribution < -0.4 is 5.32 Å². The first-order chi connectivity index (χ1) is 17.5. The van der Waals surface area contributed by atoms with Crippen molar-refractivity contribution < 1.29 is 24.2 Å². The van der Waals surface area contributed by atoms with Crippen LogP contribution in [0.5, 0.6) is 0 Å². The highest BCUT2D eigenvalue weighted by atomic mass is 35.5. The third kappa shape index (κ3) is 6.81. The van der Waals surface area contributed by atoms with E-state index in [1.807, 2.05) is 60.6 Å². The lowest BCUT2D eigenvalue weighted by molar-refractivity contribution is -0.156. The molecule has 0 aliphatic carbocycles. The molecule has 1 aromatic carbocycles. The summed E-state index contributed by atoms with van der Waals surface area (Å²) in [4.78, 5) is 42.7. The van der Waals surface area contributed by atoms with Crippen LogP contribution in [0.4, 0.5) is 4.79 Å². The minimum absolute atomic E-state index is 0.123. The van der Waals surface area contributed by atoms with E-state index in [0.29, 0.717) is 31.1 Å². The second-order valence-corrected chi connectivity index (χ2v) is 13.2. The molecule has 2 aliphatic heterocycles. The Labute approximate surface area is 232 Å². The Hall–Kier alpha value is -2.32. The molecular formula is C29H44ClN3O5. The number of rotatable bonds is 6. The number of nitrogens with one attached hydrogen (secondary N) is 1. The Morgan fingerprint density at radius 1 is 1.16 bits per heavy atom. The largest absolute Gasteiger partial charge is 0.444 e. The first kappa shape index (κ1) is 30.2. The lowest BCUT2D eigenvalue weighted by atomic mass is 9.66. The predicted molar refractivity (Wildman–Crippen MR) is 148 cm³/mol. The summed E-state index contributed by atoms with van der Waals surface area (Å²) < 4.78 is 5.51. The normalized spacial score (nSPS) is 24.3. The van der Waals surface area contributed by atoms with Crippen molar-refractivity contribution in [2.45, 2.75) is 97.4 Å². The maximum absolute atomic E-state index is 13.6. The zero-order valence-corrected chi connectivity index (χ0v) is 24.6. The SMILES string of the molecule is CC(C)[C@@H](NC(=O)CC1CCCN1C(=O)OC(C)(C)C)C(=O)N1CC[C@](O)(c2ccc(Cl)cc2)C(C)(C)C1. The van der Waals surface area contributed by atoms with Crippen molar-refractivity contribution in [3.63, 3.8) is 0 Å². The molecule has 3 atom stereocenters. The van der Waals surface area contributed by atoms with E-state index in [-0.39, 0.29) is 30.2 Å². The van der Waals surface area contributed by atoms with Gasteiger partial charge in [0.2, 0.25) is 11.8 Å². The van der Waals surface area contributed by atoms with E-state index in [1.54, 1.807) is 21.9 Å². The van der Waals surface area contributed by atoms with Crippen molar-refractivity contribution in [2.75, 3.05) is 19.6 Å². The lowest BCUT2D eigenvalue weighted by Gasteiger charge is -2.51. The summed E-state index contributed by atoms with van der Waals surface area (Å²) in [6.07, 6.45) is 1.61. The van der Waals surface area contributed by atoms with Crippen LogP contribution in [0.2, 0.25) is 5.02 Å². The van der Waals surface area contributed by atoms with Gasteiger partial charge in [0, 0.05) is 42.5 Å². The van der Waals surface area contributed by atoms with Gasteiger partial charge in [-0.1, -0.05) is 51.4 Å². The van der Waals surface area contributed by atoms with Gasteiger partial charge in [0.15, 0.2) is 0 Å². The minimum Gasteiger partial charge on any atom is -0.444 e. The zero-order valence-electron chi connectivity index (χ0n) is 23.8. The summed E-state index contributed by atoms with van der Waals surface area (Å²) in [6.45, 7) is 14.5. The fraction of sp³-hybridized carbons (Fsp3) is 0.690. The zero-order chi connectivity index (χ0) is 28.5. The standard InChI is InChI=1S/C29H44ClN3O5/c1-19(2)24(31-23(34)17-22-9-8-15-33(22)26(36)38-27(3,4)5)25(35)32-16-14-29(37,28(6,7)18-32)20-10-12-21(30)13-11-20/h10-13,19,22,24,37H,8-9,14-18H2,1-7H3,(H,31,34)/t22?,24-,29+/m1/s1. The fourth-order valence-corrected chi connectivity index (χ4v) is 5.66. The Balaban J connectivity index is 1.66. The van der Waals surface area contributed by atoms with E-state index in [9.17, 15) is 19.5 Å². The molecule has 0 radical (unpaired) electrons. The number of hydrogen-bond donors (Lipinski definition) is 2. The highest BCUT2D eigenvalue weighted by Gasteiger charge is 2.50. The number of aliphatic hydroxyl groups is 1. The summed E-state index contributed by atoms with van der Waals surface area (Å²) in [5.74, 6) is -0.543. The lowest BCUT2D eigenvalue weighted by Crippen LogP contribution is -2.60. The second-order valence-electron chi connectivity index (χ2n) is 12.7. The first-order valence-corrected chi connectivity index (χ1v) is 14.0. The molecule has 2 heterocycles. The summed E-state index contributed by atoms with van der Waals surface area (Å²) in [5.41, 5.74) is -1.57. The number of ether oxygens (including phenoxy) is 1. The number of amides is 3. The summed E-state index contributed by atoms with van der Waals surface area (Å²) in [7, 11) is 0. The highest BCUT2D eigenvalue weighted by molar-refractivity contribution is 6.30. The van der Waals surface area contributed by atoms with Gasteiger partial charge >= 0.3 is 6.09 Å². The van der Waals surface area contributed by atoms with E-state index in [4.69, 9.17) is 16.3 Å². The first-order valence-electron chi connectivity index (χ1n) is 13.6. The maximum Gasteiger partial charge on any atom is 0.410 e. The smallest absolute Gasteiger partial charge is 0.410 e. The Morgan fingerprint density at radius 3 is 2.34 bits per heavy atom. The predicted octanol–water partition coefficient (Wildman–Crippen LogP) is 4.72. The Kier molecular flexibility index (Phi) is 9.09. The van der Waals surface area contributed by atoms with Gasteiger partial charge in [-0.15, -0.1) is 0 Å². The van der Waals surface area contributed by atoms with Crippen molar-refractivity contribution in [2.24, 2.45) is 11.3 Å². The molecule has 8 nitrogen and oxygen atoms in total. The van der Waals surface area contributed by atoms with Crippen LogP contribution in [0.1, 0.15) is 79.7 Å². The van der Waals surface area contributed by atoms with Crippen LogP contribution in [0.25, 0.3) is 0 Å². The van der Waals surface area contributed by atoms with E-state index < -0.39 is 28.8 Å². The van der Waals surface area contributed by atoms with Crippen LogP contribution in [-0.2, 0) is 19.9 Å². The van der Waals surface area contributed by atoms with Crippen molar-refractivity contribution in [1.82, 2.24) is 15.1 Å². The van der Waals surface area contributed by atoms with Gasteiger partial charge in [0.25, 0.3) is 0 Å². The molecule has 3 rings (SSSR count). The van der Waals surface area contributed by atoms with Crippen LogP contribution in [0.3, 0.4) is 0 Å². The molecule has 0 saturated carbocycles. The molecule has 38 heavy (non-hydrogen) atoms. The topological polar surface area (TPSA) is 99.2 Å². The minimum atomic E-state index is -1.11. The number of piperidine rings is 1. The van der Waals surface area contributed by atoms with Gasteiger partial charge < -0.3 is 25.0 Å². The molecule has 0 spiro atoms. The monoisotopic (exact) mass is 549 g/mol. The van der Waals surface area contributed by atoms with Gasteiger partial charge in [-0.2, -0.15) is 0 Å². The van der Waals surface area contributed by atoms with Crippen molar-refractivity contribution in [3.05, 3.63) is 34.9 Å². The van der Waals surface area contributed by atoms with Crippen LogP contribution in [0, 0.1) is 11.3 Å². The Morgan fingerprint density at radius 2 is 1.79 bits per heavy atom. The number of carbonyl (C=O) groups excluding carboxylic acids is 3. The number of carbonyl (C=O) groups is 3. The van der Waals surface area contributed by atoms with Crippen molar-refractivity contribution in [3.8, 4) is 0 Å². The van der Waals surface area contributed by atoms with E-state index >= 15 is 0 Å². The fourth-order valence-electron chi connectivity index (χ4n) is 5.54. The molecule has 212 valence electrons. The van der Waals surface area contributed by atoms with Gasteiger partial charge in [0.05, 0.1) is 5.60 Å². The van der Waals surface area contributed by atoms with E-state index in [0.717, 1.165) is 18.4 Å². The quantitative estimate of drug-likeness (QED) is 0.535. The van der Waals surface area contributed by atoms with Crippen LogP contribution >= 0.6 is 11.6 Å². The molecule has 2 N–H and O–H groups in total. The van der Waals surface area contributed by atoms with Gasteiger partial charge in [-0.25, -0.2) is 4.79 Å². The van der Waals surface area contributed by atoms with Crippen molar-refractivity contribution >= 4 is 29.5 Å². The molecule has 2 aliphatic rings. The molecule has 0 bridgehead atoms. The second kappa shape index (κ2) is 11.4. The van der Waals surface area contributed by atoms with Crippen molar-refractivity contribution in [1.29, 1.82) is 0 Å². The molecule has 0 aromatic heterocycles. The molecule has 1 unspecified atom stereocenters. The Bertz CT molecular complexity index is 1020. The number of nitrogens with zero attached hydrogens (tertiary/aromatic N) is 2. The molecule has 2 saturated heterocycles. The summed E-state index contributed by atoms with van der Waals surface area (Å²) >= 11 is 6.05. The molecule has 2 fully saturated rings. The third-order valence-corrected chi connectivity index (χ3v) is 8.01. The number of hydrogen-bond acceptors (Lipinski definition) is 5. The maximum atomic E-state index is 13.6. The third-order valence-electron chi connectivity index (χ3n) is 7.76. The van der Waals surface area contributed by atoms with Crippen LogP contribution in [-0.4, -0.2) is 70.1 Å². The molecular weight excluding hydrogens is 506 g/mol. The number of halogens is 1. The van der Waals surface area contributed by atoms with Gasteiger partial charge in [-0.3, -0.25) is 9.59 Å². The highest BCUT2D eigenvalue weighted by Crippen LogP contribution is 2.46. The molecule has 3 amide bonds. The van der Waals surface area contributed by atoms with Gasteiger partial charge in [-0.05, 0) is 63.6 Å². The van der Waals surface area contributed by atoms with Gasteiger partial charge in [0.1, 0.15) is 11.6 Å². The average Bonchev–Trinajstić information content (AvgIpc) is 3.26. The number of benzene rings is 1. The molecule has 9 heteroatoms. The van der Waals surface area contributed by atoms with Crippen LogP contribution in [0.15, 0.2) is 24.3 Å². The van der Waals surface area contributed by atoms with E-state index in [1.165, 1.54) is 0 Å². The number of likely N-dealkylation sites (tertiary alicyclic amines) is 2. The summed E-state index contributed by atoms with van der Waals surface area (Å²) in [6, 6.07) is 6.25. The average molecular weight is 550 g/mol. The van der Waals surface area contributed by atoms with E-state index in [2.05, 4.69) is 5.32 Å². The summed E-state index contributed by atoms with van der Waals surface area (Å²) in [5, 5.41) is 15.2. The molecule has 1 aromatic rings.